The molecule has 0 aliphatic heterocycles. The number of rotatable bonds is 3. The average Bonchev–Trinajstić information content (AvgIpc) is 2.02. The molecule has 0 saturated carbocycles. The Morgan fingerprint density at radius 2 is 1.92 bits per heavy atom. The minimum Gasteiger partial charge on any atom is -0.478 e. The molecule has 68 valence electrons. The number of amides is 1. The van der Waals surface area contributed by atoms with E-state index < -0.39 is 5.97 Å². The van der Waals surface area contributed by atoms with E-state index in [1.54, 1.807) is 6.92 Å². The smallest absolute Gasteiger partial charge is 0.333 e. The van der Waals surface area contributed by atoms with Crippen LogP contribution < -0.4 is 5.32 Å². The number of halogens is 1. The Kier molecular flexibility index (Phi) is 4.58. The summed E-state index contributed by atoms with van der Waals surface area (Å²) in [5.41, 5.74) is 0.510. The SMILES string of the molecule is C/C(NC(=O)CBr)=C(\C)C(=O)O. The molecule has 0 unspecified atom stereocenters. The molecule has 1 amide bonds. The third kappa shape index (κ3) is 3.52. The Morgan fingerprint density at radius 3 is 2.25 bits per heavy atom. The fourth-order valence-electron chi connectivity index (χ4n) is 0.497. The molecule has 4 nitrogen and oxygen atoms in total. The first-order valence-electron chi connectivity index (χ1n) is 3.25. The topological polar surface area (TPSA) is 66.4 Å². The number of allylic oxidation sites excluding steroid dienone is 1. The fraction of sp³-hybridized carbons (Fsp3) is 0.429. The summed E-state index contributed by atoms with van der Waals surface area (Å²) in [6.45, 7) is 2.98. The summed E-state index contributed by atoms with van der Waals surface area (Å²) < 4.78 is 0. The van der Waals surface area contributed by atoms with Crippen LogP contribution in [0.25, 0.3) is 0 Å². The second-order valence-electron chi connectivity index (χ2n) is 2.24. The van der Waals surface area contributed by atoms with Crippen LogP contribution >= 0.6 is 15.9 Å². The van der Waals surface area contributed by atoms with Gasteiger partial charge in [0.25, 0.3) is 0 Å². The van der Waals surface area contributed by atoms with E-state index in [2.05, 4.69) is 21.2 Å². The lowest BCUT2D eigenvalue weighted by molar-refractivity contribution is -0.132. The van der Waals surface area contributed by atoms with Gasteiger partial charge in [0, 0.05) is 5.70 Å². The lowest BCUT2D eigenvalue weighted by atomic mass is 10.2. The molecule has 0 fully saturated rings. The van der Waals surface area contributed by atoms with Gasteiger partial charge >= 0.3 is 5.97 Å². The Bertz CT molecular complexity index is 235. The third-order valence-corrected chi connectivity index (χ3v) is 1.84. The van der Waals surface area contributed by atoms with Gasteiger partial charge in [-0.15, -0.1) is 0 Å². The Balaban J connectivity index is 4.37. The van der Waals surface area contributed by atoms with Crippen molar-refractivity contribution in [1.82, 2.24) is 5.32 Å². The predicted molar refractivity (Wildman–Crippen MR) is 47.9 cm³/mol. The molecule has 0 aliphatic carbocycles. The highest BCUT2D eigenvalue weighted by Gasteiger charge is 2.06. The number of carboxylic acid groups (broad SMARTS) is 1. The van der Waals surface area contributed by atoms with E-state index in [9.17, 15) is 9.59 Å². The molecular formula is C7H10BrNO3. The van der Waals surface area contributed by atoms with E-state index in [4.69, 9.17) is 5.11 Å². The molecule has 0 atom stereocenters. The van der Waals surface area contributed by atoms with Gasteiger partial charge in [0.1, 0.15) is 0 Å². The van der Waals surface area contributed by atoms with Crippen LogP contribution in [0.3, 0.4) is 0 Å². The zero-order valence-electron chi connectivity index (χ0n) is 6.85. The number of carboxylic acids is 1. The fourth-order valence-corrected chi connectivity index (χ4v) is 0.637. The van der Waals surface area contributed by atoms with E-state index >= 15 is 0 Å². The number of carbonyl (C=O) groups excluding carboxylic acids is 1. The molecule has 0 aliphatic rings. The van der Waals surface area contributed by atoms with Crippen LogP contribution in [0.15, 0.2) is 11.3 Å². The minimum atomic E-state index is -1.03. The van der Waals surface area contributed by atoms with Gasteiger partial charge in [-0.2, -0.15) is 0 Å². The van der Waals surface area contributed by atoms with E-state index in [0.717, 1.165) is 0 Å². The molecule has 0 aromatic heterocycles. The second kappa shape index (κ2) is 4.92. The molecule has 0 heterocycles. The minimum absolute atomic E-state index is 0.143. The van der Waals surface area contributed by atoms with Crippen LogP contribution in [-0.2, 0) is 9.59 Å². The Morgan fingerprint density at radius 1 is 1.42 bits per heavy atom. The van der Waals surface area contributed by atoms with Crippen LogP contribution in [-0.4, -0.2) is 22.3 Å². The maximum atomic E-state index is 10.8. The molecule has 0 rings (SSSR count). The van der Waals surface area contributed by atoms with E-state index in [1.165, 1.54) is 6.92 Å². The highest BCUT2D eigenvalue weighted by Crippen LogP contribution is 1.99. The lowest BCUT2D eigenvalue weighted by Crippen LogP contribution is -2.24. The van der Waals surface area contributed by atoms with Gasteiger partial charge < -0.3 is 10.4 Å². The van der Waals surface area contributed by atoms with Crippen molar-refractivity contribution in [2.24, 2.45) is 0 Å². The molecule has 0 spiro atoms. The van der Waals surface area contributed by atoms with Crippen LogP contribution in [0.2, 0.25) is 0 Å². The summed E-state index contributed by atoms with van der Waals surface area (Å²) in [7, 11) is 0. The maximum absolute atomic E-state index is 10.8. The molecule has 0 saturated heterocycles. The summed E-state index contributed by atoms with van der Waals surface area (Å²) in [5, 5.41) is 11.1. The lowest BCUT2D eigenvalue weighted by Gasteiger charge is -2.04. The molecule has 2 N–H and O–H groups in total. The number of hydrogen-bond donors (Lipinski definition) is 2. The van der Waals surface area contributed by atoms with Crippen molar-refractivity contribution in [2.45, 2.75) is 13.8 Å². The van der Waals surface area contributed by atoms with Gasteiger partial charge in [-0.1, -0.05) is 15.9 Å². The molecule has 0 aromatic carbocycles. The number of alkyl halides is 1. The van der Waals surface area contributed by atoms with Crippen LogP contribution in [0.5, 0.6) is 0 Å². The highest BCUT2D eigenvalue weighted by atomic mass is 79.9. The van der Waals surface area contributed by atoms with Gasteiger partial charge in [-0.25, -0.2) is 4.79 Å². The van der Waals surface area contributed by atoms with Crippen molar-refractivity contribution in [3.8, 4) is 0 Å². The van der Waals surface area contributed by atoms with E-state index in [1.807, 2.05) is 0 Å². The van der Waals surface area contributed by atoms with Crippen LogP contribution in [0.4, 0.5) is 0 Å². The van der Waals surface area contributed by atoms with Crippen LogP contribution in [0, 0.1) is 0 Å². The summed E-state index contributed by atoms with van der Waals surface area (Å²) in [4.78, 5) is 21.2. The van der Waals surface area contributed by atoms with Crippen molar-refractivity contribution in [1.29, 1.82) is 0 Å². The first-order chi connectivity index (χ1) is 5.49. The second-order valence-corrected chi connectivity index (χ2v) is 2.80. The molecule has 0 aromatic rings. The number of carbonyl (C=O) groups is 2. The molecular weight excluding hydrogens is 226 g/mol. The van der Waals surface area contributed by atoms with Gasteiger partial charge in [0.05, 0.1) is 10.9 Å². The van der Waals surface area contributed by atoms with Crippen molar-refractivity contribution < 1.29 is 14.7 Å². The Hall–Kier alpha value is -0.840. The van der Waals surface area contributed by atoms with Crippen molar-refractivity contribution in [3.05, 3.63) is 11.3 Å². The Labute approximate surface area is 78.8 Å². The first kappa shape index (κ1) is 11.2. The standard InChI is InChI=1S/C7H10BrNO3/c1-4(7(11)12)5(2)9-6(10)3-8/h3H2,1-2H3,(H,9,10)(H,11,12)/b5-4-. The quantitative estimate of drug-likeness (QED) is 0.564. The normalized spacial score (nSPS) is 11.9. The zero-order valence-corrected chi connectivity index (χ0v) is 8.43. The highest BCUT2D eigenvalue weighted by molar-refractivity contribution is 9.09. The largest absolute Gasteiger partial charge is 0.478 e. The summed E-state index contributed by atoms with van der Waals surface area (Å²) >= 11 is 2.95. The maximum Gasteiger partial charge on any atom is 0.333 e. The summed E-state index contributed by atoms with van der Waals surface area (Å²) in [6.07, 6.45) is 0. The molecule has 0 radical (unpaired) electrons. The van der Waals surface area contributed by atoms with Gasteiger partial charge in [0.2, 0.25) is 5.91 Å². The third-order valence-electron chi connectivity index (χ3n) is 1.33. The average molecular weight is 236 g/mol. The van der Waals surface area contributed by atoms with Crippen molar-refractivity contribution >= 4 is 27.8 Å². The van der Waals surface area contributed by atoms with Crippen LogP contribution in [0.1, 0.15) is 13.8 Å². The van der Waals surface area contributed by atoms with Gasteiger partial charge in [-0.05, 0) is 13.8 Å². The van der Waals surface area contributed by atoms with Gasteiger partial charge in [0.15, 0.2) is 0 Å². The van der Waals surface area contributed by atoms with Crippen molar-refractivity contribution in [2.75, 3.05) is 5.33 Å². The number of aliphatic carboxylic acids is 1. The van der Waals surface area contributed by atoms with Gasteiger partial charge in [-0.3, -0.25) is 4.79 Å². The monoisotopic (exact) mass is 235 g/mol. The summed E-state index contributed by atoms with van der Waals surface area (Å²) in [5.74, 6) is -1.28. The zero-order chi connectivity index (χ0) is 9.72. The molecule has 0 bridgehead atoms. The molecule has 5 heteroatoms. The van der Waals surface area contributed by atoms with Crippen molar-refractivity contribution in [3.63, 3.8) is 0 Å². The first-order valence-corrected chi connectivity index (χ1v) is 4.37. The predicted octanol–water partition coefficient (Wildman–Crippen LogP) is 0.876. The van der Waals surface area contributed by atoms with E-state index in [0.29, 0.717) is 5.70 Å². The van der Waals surface area contributed by atoms with E-state index in [-0.39, 0.29) is 16.8 Å². The number of hydrogen-bond acceptors (Lipinski definition) is 2. The number of nitrogens with one attached hydrogen (secondary N) is 1. The summed E-state index contributed by atoms with van der Waals surface area (Å²) in [6, 6.07) is 0. The molecule has 12 heavy (non-hydrogen) atoms.